The highest BCUT2D eigenvalue weighted by molar-refractivity contribution is 5.36. The Morgan fingerprint density at radius 2 is 2.45 bits per heavy atom. The Bertz CT molecular complexity index is 468. The quantitative estimate of drug-likeness (QED) is 0.786. The van der Waals surface area contributed by atoms with Crippen LogP contribution in [0.15, 0.2) is 17.2 Å². The molecule has 0 bridgehead atoms. The Balaban J connectivity index is 2.18. The molecule has 112 valence electrons. The van der Waals surface area contributed by atoms with Crippen LogP contribution in [0.5, 0.6) is 0 Å². The van der Waals surface area contributed by atoms with Gasteiger partial charge in [0.2, 0.25) is 0 Å². The van der Waals surface area contributed by atoms with Crippen LogP contribution in [0.3, 0.4) is 0 Å². The summed E-state index contributed by atoms with van der Waals surface area (Å²) >= 11 is 0. The van der Waals surface area contributed by atoms with E-state index in [-0.39, 0.29) is 5.56 Å². The van der Waals surface area contributed by atoms with Gasteiger partial charge in [-0.3, -0.25) is 4.79 Å². The fraction of sp³-hybridized carbons (Fsp3) is 0.714. The summed E-state index contributed by atoms with van der Waals surface area (Å²) in [5.74, 6) is 0.528. The molecule has 1 atom stereocenters. The number of hydrogen-bond acceptors (Lipinski definition) is 5. The molecule has 1 fully saturated rings. The SMILES string of the molecule is CCn1ccnc(N(CCOC)CC2CCCN2)c1=O. The lowest BCUT2D eigenvalue weighted by atomic mass is 10.2. The van der Waals surface area contributed by atoms with E-state index in [0.29, 0.717) is 31.6 Å². The molecule has 1 unspecified atom stereocenters. The third-order valence-corrected chi connectivity index (χ3v) is 3.70. The smallest absolute Gasteiger partial charge is 0.293 e. The number of ether oxygens (including phenoxy) is 1. The van der Waals surface area contributed by atoms with E-state index in [1.807, 2.05) is 11.8 Å². The van der Waals surface area contributed by atoms with Gasteiger partial charge in [0.15, 0.2) is 5.82 Å². The first-order chi connectivity index (χ1) is 9.76. The fourth-order valence-electron chi connectivity index (χ4n) is 2.57. The predicted molar refractivity (Wildman–Crippen MR) is 79.3 cm³/mol. The van der Waals surface area contributed by atoms with Gasteiger partial charge in [-0.05, 0) is 26.3 Å². The third-order valence-electron chi connectivity index (χ3n) is 3.70. The first-order valence-corrected chi connectivity index (χ1v) is 7.29. The molecular formula is C14H24N4O2. The molecule has 2 heterocycles. The van der Waals surface area contributed by atoms with Gasteiger partial charge in [0.25, 0.3) is 5.56 Å². The Kier molecular flexibility index (Phi) is 5.55. The van der Waals surface area contributed by atoms with Crippen molar-refractivity contribution < 1.29 is 4.74 Å². The predicted octanol–water partition coefficient (Wildman–Crippen LogP) is 0.468. The maximum Gasteiger partial charge on any atom is 0.293 e. The van der Waals surface area contributed by atoms with Crippen molar-refractivity contribution in [3.8, 4) is 0 Å². The van der Waals surface area contributed by atoms with Gasteiger partial charge in [-0.15, -0.1) is 0 Å². The van der Waals surface area contributed by atoms with E-state index in [2.05, 4.69) is 10.3 Å². The largest absolute Gasteiger partial charge is 0.383 e. The summed E-state index contributed by atoms with van der Waals surface area (Å²) in [6, 6.07) is 0.434. The van der Waals surface area contributed by atoms with Crippen molar-refractivity contribution >= 4 is 5.82 Å². The van der Waals surface area contributed by atoms with E-state index in [1.165, 1.54) is 6.42 Å². The average molecular weight is 280 g/mol. The van der Waals surface area contributed by atoms with Crippen molar-refractivity contribution in [3.63, 3.8) is 0 Å². The molecule has 0 aliphatic carbocycles. The highest BCUT2D eigenvalue weighted by Crippen LogP contribution is 2.10. The lowest BCUT2D eigenvalue weighted by Crippen LogP contribution is -2.42. The number of aromatic nitrogens is 2. The maximum absolute atomic E-state index is 12.4. The number of hydrogen-bond donors (Lipinski definition) is 1. The highest BCUT2D eigenvalue weighted by atomic mass is 16.5. The van der Waals surface area contributed by atoms with Crippen molar-refractivity contribution in [2.24, 2.45) is 0 Å². The summed E-state index contributed by atoms with van der Waals surface area (Å²) in [5.41, 5.74) is -0.0240. The minimum absolute atomic E-state index is 0.0240. The van der Waals surface area contributed by atoms with Gasteiger partial charge >= 0.3 is 0 Å². The Morgan fingerprint density at radius 1 is 1.60 bits per heavy atom. The van der Waals surface area contributed by atoms with Crippen molar-refractivity contribution in [2.75, 3.05) is 38.3 Å². The highest BCUT2D eigenvalue weighted by Gasteiger charge is 2.20. The van der Waals surface area contributed by atoms with Gasteiger partial charge in [0.05, 0.1) is 6.61 Å². The molecule has 1 aliphatic heterocycles. The lowest BCUT2D eigenvalue weighted by Gasteiger charge is -2.26. The third kappa shape index (κ3) is 3.58. The van der Waals surface area contributed by atoms with Crippen LogP contribution in [0, 0.1) is 0 Å². The van der Waals surface area contributed by atoms with E-state index in [0.717, 1.165) is 19.5 Å². The molecule has 0 radical (unpaired) electrons. The van der Waals surface area contributed by atoms with Crippen LogP contribution in [0.1, 0.15) is 19.8 Å². The summed E-state index contributed by atoms with van der Waals surface area (Å²) in [6.45, 7) is 5.76. The average Bonchev–Trinajstić information content (AvgIpc) is 2.97. The first kappa shape index (κ1) is 15.0. The van der Waals surface area contributed by atoms with Crippen LogP contribution >= 0.6 is 0 Å². The number of aryl methyl sites for hydroxylation is 1. The summed E-state index contributed by atoms with van der Waals surface area (Å²) in [5, 5.41) is 3.46. The molecular weight excluding hydrogens is 256 g/mol. The van der Waals surface area contributed by atoms with E-state index >= 15 is 0 Å². The number of methoxy groups -OCH3 is 1. The maximum atomic E-state index is 12.4. The van der Waals surface area contributed by atoms with Crippen LogP contribution in [0.4, 0.5) is 5.82 Å². The molecule has 0 spiro atoms. The molecule has 1 aromatic heterocycles. The molecule has 1 N–H and O–H groups in total. The van der Waals surface area contributed by atoms with Crippen LogP contribution < -0.4 is 15.8 Å². The summed E-state index contributed by atoms with van der Waals surface area (Å²) < 4.78 is 6.84. The molecule has 0 saturated carbocycles. The molecule has 6 heteroatoms. The monoisotopic (exact) mass is 280 g/mol. The number of anilines is 1. The second-order valence-electron chi connectivity index (χ2n) is 5.07. The molecule has 0 aromatic carbocycles. The zero-order chi connectivity index (χ0) is 14.4. The number of nitrogens with one attached hydrogen (secondary N) is 1. The molecule has 2 rings (SSSR count). The topological polar surface area (TPSA) is 59.4 Å². The van der Waals surface area contributed by atoms with Crippen molar-refractivity contribution in [1.82, 2.24) is 14.9 Å². The van der Waals surface area contributed by atoms with Crippen LogP contribution in [-0.4, -0.2) is 48.9 Å². The van der Waals surface area contributed by atoms with Crippen molar-refractivity contribution in [3.05, 3.63) is 22.7 Å². The van der Waals surface area contributed by atoms with Crippen LogP contribution in [0.25, 0.3) is 0 Å². The van der Waals surface area contributed by atoms with E-state index in [9.17, 15) is 4.79 Å². The van der Waals surface area contributed by atoms with Crippen LogP contribution in [-0.2, 0) is 11.3 Å². The summed E-state index contributed by atoms with van der Waals surface area (Å²) in [6.07, 6.45) is 5.78. The minimum atomic E-state index is -0.0240. The minimum Gasteiger partial charge on any atom is -0.383 e. The van der Waals surface area contributed by atoms with Gasteiger partial charge < -0.3 is 19.5 Å². The molecule has 20 heavy (non-hydrogen) atoms. The molecule has 0 amide bonds. The van der Waals surface area contributed by atoms with E-state index < -0.39 is 0 Å². The van der Waals surface area contributed by atoms with Crippen LogP contribution in [0.2, 0.25) is 0 Å². The van der Waals surface area contributed by atoms with E-state index in [4.69, 9.17) is 4.74 Å². The zero-order valence-corrected chi connectivity index (χ0v) is 12.3. The normalized spacial score (nSPS) is 18.4. The zero-order valence-electron chi connectivity index (χ0n) is 12.3. The van der Waals surface area contributed by atoms with Gasteiger partial charge in [-0.25, -0.2) is 4.98 Å². The number of rotatable bonds is 7. The lowest BCUT2D eigenvalue weighted by molar-refractivity contribution is 0.204. The Labute approximate surface area is 119 Å². The Morgan fingerprint density at radius 3 is 3.10 bits per heavy atom. The molecule has 6 nitrogen and oxygen atoms in total. The fourth-order valence-corrected chi connectivity index (χ4v) is 2.57. The summed E-state index contributed by atoms with van der Waals surface area (Å²) in [7, 11) is 1.68. The Hall–Kier alpha value is -1.40. The first-order valence-electron chi connectivity index (χ1n) is 7.29. The van der Waals surface area contributed by atoms with Gasteiger partial charge in [-0.2, -0.15) is 0 Å². The van der Waals surface area contributed by atoms with Crippen molar-refractivity contribution in [2.45, 2.75) is 32.4 Å². The molecule has 1 aliphatic rings. The van der Waals surface area contributed by atoms with Gasteiger partial charge in [0.1, 0.15) is 0 Å². The van der Waals surface area contributed by atoms with Gasteiger partial charge in [-0.1, -0.05) is 0 Å². The van der Waals surface area contributed by atoms with Gasteiger partial charge in [0, 0.05) is 45.2 Å². The second kappa shape index (κ2) is 7.40. The molecule has 1 saturated heterocycles. The standard InChI is InChI=1S/C14H24N4O2/c1-3-17-8-7-16-13(14(17)19)18(9-10-20-2)11-12-5-4-6-15-12/h7-8,12,15H,3-6,9-11H2,1-2H3. The number of nitrogens with zero attached hydrogens (tertiary/aromatic N) is 3. The molecule has 1 aromatic rings. The van der Waals surface area contributed by atoms with E-state index in [1.54, 1.807) is 24.1 Å². The second-order valence-corrected chi connectivity index (χ2v) is 5.07. The van der Waals surface area contributed by atoms with Crippen molar-refractivity contribution in [1.29, 1.82) is 0 Å². The summed E-state index contributed by atoms with van der Waals surface area (Å²) in [4.78, 5) is 18.7.